The molecule has 0 radical (unpaired) electrons. The molecule has 3 N–H and O–H groups in total. The number of nitrogens with zero attached hydrogens (tertiary/aromatic N) is 2. The van der Waals surface area contributed by atoms with E-state index in [1.165, 1.54) is 37.1 Å². The van der Waals surface area contributed by atoms with Crippen LogP contribution in [0.5, 0.6) is 11.5 Å². The van der Waals surface area contributed by atoms with E-state index < -0.39 is 34.4 Å². The van der Waals surface area contributed by atoms with Gasteiger partial charge in [-0.25, -0.2) is 9.59 Å². The SMILES string of the molecule is CCOC(=O)C1=C(C)NC(CN(CC(C)(C)NCC(O)COc2ccccc2OC)C(C)=O)=C(C(=O)OCC)C1c1cccc([N+](=O)[O-])c1. The van der Waals surface area contributed by atoms with E-state index in [0.29, 0.717) is 22.8 Å². The average Bonchev–Trinajstić information content (AvgIpc) is 3.06. The molecule has 2 aromatic carbocycles. The predicted octanol–water partition coefficient (Wildman–Crippen LogP) is 3.60. The van der Waals surface area contributed by atoms with E-state index >= 15 is 0 Å². The number of hydrogen-bond acceptors (Lipinski definition) is 12. The van der Waals surface area contributed by atoms with Crippen molar-refractivity contribution >= 4 is 23.5 Å². The van der Waals surface area contributed by atoms with E-state index in [9.17, 15) is 29.6 Å². The molecule has 0 aromatic heterocycles. The number of amides is 1. The summed E-state index contributed by atoms with van der Waals surface area (Å²) < 4.78 is 21.8. The smallest absolute Gasteiger partial charge is 0.336 e. The number of β-amino-alcohol motifs (C(OH)–C–C–N with tert-alkyl or cyclic N) is 1. The summed E-state index contributed by atoms with van der Waals surface area (Å²) in [6.45, 7) is 10.3. The lowest BCUT2D eigenvalue weighted by molar-refractivity contribution is -0.384. The number of nitro benzene ring substituents is 1. The minimum atomic E-state index is -1.09. The number of carbonyl (C=O) groups is 3. The van der Waals surface area contributed by atoms with Gasteiger partial charge in [0, 0.05) is 49.1 Å². The third-order valence-electron chi connectivity index (χ3n) is 7.75. The van der Waals surface area contributed by atoms with Crippen LogP contribution in [0, 0.1) is 10.1 Å². The summed E-state index contributed by atoms with van der Waals surface area (Å²) in [6, 6.07) is 12.8. The van der Waals surface area contributed by atoms with Gasteiger partial charge in [-0.15, -0.1) is 0 Å². The Morgan fingerprint density at radius 1 is 1.04 bits per heavy atom. The maximum absolute atomic E-state index is 13.7. The van der Waals surface area contributed by atoms with Crippen molar-refractivity contribution in [3.8, 4) is 11.5 Å². The van der Waals surface area contributed by atoms with Crippen molar-refractivity contribution in [2.24, 2.45) is 0 Å². The highest BCUT2D eigenvalue weighted by Crippen LogP contribution is 2.40. The molecule has 49 heavy (non-hydrogen) atoms. The molecule has 0 spiro atoms. The number of carbonyl (C=O) groups excluding carboxylic acids is 3. The summed E-state index contributed by atoms with van der Waals surface area (Å²) in [5.74, 6) is -1.82. The standard InChI is InChI=1S/C35H46N4O10/c1-8-47-33(42)30-22(3)37-27(32(34(43)48-9-2)31(30)24-13-12-14-25(17-24)39(44)45)19-38(23(4)40)21-35(5,6)36-18-26(41)20-49-29-16-11-10-15-28(29)46-7/h10-17,26,31,36-37,41H,8-9,18-21H2,1-7H3. The van der Waals surface area contributed by atoms with Crippen LogP contribution >= 0.6 is 0 Å². The number of benzene rings is 2. The molecule has 1 aliphatic heterocycles. The van der Waals surface area contributed by atoms with Crippen LogP contribution in [0.2, 0.25) is 0 Å². The Hall–Kier alpha value is -4.95. The van der Waals surface area contributed by atoms with Gasteiger partial charge in [-0.3, -0.25) is 14.9 Å². The molecule has 1 amide bonds. The zero-order valence-electron chi connectivity index (χ0n) is 29.0. The third kappa shape index (κ3) is 10.3. The van der Waals surface area contributed by atoms with Gasteiger partial charge in [0.25, 0.3) is 5.69 Å². The van der Waals surface area contributed by atoms with E-state index in [0.717, 1.165) is 0 Å². The molecule has 0 saturated carbocycles. The Morgan fingerprint density at radius 3 is 2.27 bits per heavy atom. The predicted molar refractivity (Wildman–Crippen MR) is 181 cm³/mol. The zero-order valence-corrected chi connectivity index (χ0v) is 29.0. The fourth-order valence-corrected chi connectivity index (χ4v) is 5.48. The van der Waals surface area contributed by atoms with E-state index in [2.05, 4.69) is 10.6 Å². The van der Waals surface area contributed by atoms with Gasteiger partial charge in [0.1, 0.15) is 12.7 Å². The number of rotatable bonds is 17. The third-order valence-corrected chi connectivity index (χ3v) is 7.75. The minimum Gasteiger partial charge on any atom is -0.493 e. The van der Waals surface area contributed by atoms with Crippen LogP contribution in [0.1, 0.15) is 53.0 Å². The van der Waals surface area contributed by atoms with Gasteiger partial charge in [0.15, 0.2) is 11.5 Å². The number of ether oxygens (including phenoxy) is 4. The van der Waals surface area contributed by atoms with Gasteiger partial charge in [-0.05, 0) is 52.3 Å². The molecule has 0 saturated heterocycles. The minimum absolute atomic E-state index is 0.00692. The Bertz CT molecular complexity index is 1590. The Kier molecular flexibility index (Phi) is 13.7. The van der Waals surface area contributed by atoms with Crippen LogP contribution in [0.15, 0.2) is 71.1 Å². The van der Waals surface area contributed by atoms with E-state index in [4.69, 9.17) is 18.9 Å². The first kappa shape index (κ1) is 38.5. The number of para-hydroxylation sites is 2. The monoisotopic (exact) mass is 682 g/mol. The lowest BCUT2D eigenvalue weighted by Gasteiger charge is -2.37. The van der Waals surface area contributed by atoms with Crippen LogP contribution in [0.3, 0.4) is 0 Å². The largest absolute Gasteiger partial charge is 0.493 e. The van der Waals surface area contributed by atoms with Crippen LogP contribution < -0.4 is 20.1 Å². The molecule has 0 bridgehead atoms. The number of non-ortho nitro benzene ring substituents is 1. The van der Waals surface area contributed by atoms with Crippen molar-refractivity contribution in [2.75, 3.05) is 46.6 Å². The highest BCUT2D eigenvalue weighted by Gasteiger charge is 2.40. The number of allylic oxidation sites excluding steroid dienone is 1. The Balaban J connectivity index is 1.93. The molecule has 14 nitrogen and oxygen atoms in total. The van der Waals surface area contributed by atoms with Crippen LogP contribution in [0.4, 0.5) is 5.69 Å². The molecule has 3 rings (SSSR count). The number of methoxy groups -OCH3 is 1. The van der Waals surface area contributed by atoms with Gasteiger partial charge in [0.2, 0.25) is 5.91 Å². The molecule has 1 heterocycles. The maximum Gasteiger partial charge on any atom is 0.336 e. The molecule has 0 aliphatic carbocycles. The van der Waals surface area contributed by atoms with Crippen molar-refractivity contribution in [3.05, 3.63) is 86.7 Å². The number of aliphatic hydroxyl groups excluding tert-OH is 1. The first-order valence-corrected chi connectivity index (χ1v) is 16.0. The summed E-state index contributed by atoms with van der Waals surface area (Å²) in [4.78, 5) is 52.7. The van der Waals surface area contributed by atoms with Crippen molar-refractivity contribution < 1.29 is 43.4 Å². The number of nitro groups is 1. The van der Waals surface area contributed by atoms with Gasteiger partial charge in [0.05, 0.1) is 48.9 Å². The lowest BCUT2D eigenvalue weighted by Crippen LogP contribution is -2.53. The highest BCUT2D eigenvalue weighted by molar-refractivity contribution is 6.00. The fourth-order valence-electron chi connectivity index (χ4n) is 5.48. The van der Waals surface area contributed by atoms with E-state index in [1.54, 1.807) is 45.0 Å². The molecule has 266 valence electrons. The van der Waals surface area contributed by atoms with Crippen molar-refractivity contribution in [2.45, 2.75) is 59.1 Å². The van der Waals surface area contributed by atoms with Crippen molar-refractivity contribution in [3.63, 3.8) is 0 Å². The Morgan fingerprint density at radius 2 is 1.67 bits per heavy atom. The number of dihydropyridines is 1. The van der Waals surface area contributed by atoms with Gasteiger partial charge in [-0.1, -0.05) is 24.3 Å². The van der Waals surface area contributed by atoms with Crippen LogP contribution in [0.25, 0.3) is 0 Å². The van der Waals surface area contributed by atoms with Gasteiger partial charge < -0.3 is 39.6 Å². The van der Waals surface area contributed by atoms with Gasteiger partial charge in [-0.2, -0.15) is 0 Å². The van der Waals surface area contributed by atoms with Crippen LogP contribution in [-0.2, 0) is 23.9 Å². The summed E-state index contributed by atoms with van der Waals surface area (Å²) in [6.07, 6.45) is -0.891. The molecule has 14 heteroatoms. The molecular weight excluding hydrogens is 636 g/mol. The first-order chi connectivity index (χ1) is 23.2. The fraction of sp³-hybridized carbons (Fsp3) is 0.457. The average molecular weight is 683 g/mol. The van der Waals surface area contributed by atoms with E-state index in [1.807, 2.05) is 19.9 Å². The van der Waals surface area contributed by atoms with Crippen molar-refractivity contribution in [1.82, 2.24) is 15.5 Å². The molecule has 2 unspecified atom stereocenters. The number of nitrogens with one attached hydrogen (secondary N) is 2. The molecule has 0 fully saturated rings. The summed E-state index contributed by atoms with van der Waals surface area (Å²) in [5.41, 5.74) is 0.117. The second-order valence-electron chi connectivity index (χ2n) is 12.0. The van der Waals surface area contributed by atoms with Gasteiger partial charge >= 0.3 is 11.9 Å². The number of aliphatic hydroxyl groups is 1. The summed E-state index contributed by atoms with van der Waals surface area (Å²) >= 11 is 0. The molecule has 2 atom stereocenters. The van der Waals surface area contributed by atoms with E-state index in [-0.39, 0.29) is 67.9 Å². The highest BCUT2D eigenvalue weighted by atomic mass is 16.6. The zero-order chi connectivity index (χ0) is 36.3. The molecule has 2 aromatic rings. The maximum atomic E-state index is 13.7. The van der Waals surface area contributed by atoms with Crippen LogP contribution in [-0.4, -0.2) is 91.0 Å². The summed E-state index contributed by atoms with van der Waals surface area (Å²) in [5, 5.41) is 28.8. The number of hydrogen-bond donors (Lipinski definition) is 3. The number of esters is 2. The summed E-state index contributed by atoms with van der Waals surface area (Å²) in [7, 11) is 1.53. The normalized spacial score (nSPS) is 15.2. The molecule has 1 aliphatic rings. The van der Waals surface area contributed by atoms with Crippen molar-refractivity contribution in [1.29, 1.82) is 0 Å². The second kappa shape index (κ2) is 17.4. The molecular formula is C35H46N4O10. The lowest BCUT2D eigenvalue weighted by atomic mass is 9.80. The first-order valence-electron chi connectivity index (χ1n) is 16.0. The second-order valence-corrected chi connectivity index (χ2v) is 12.0. The topological polar surface area (TPSA) is 179 Å². The quantitative estimate of drug-likeness (QED) is 0.126. The Labute approximate surface area is 286 Å².